The van der Waals surface area contributed by atoms with Crippen molar-refractivity contribution < 1.29 is 14.2 Å². The van der Waals surface area contributed by atoms with Crippen molar-refractivity contribution in [3.63, 3.8) is 0 Å². The summed E-state index contributed by atoms with van der Waals surface area (Å²) in [6.45, 7) is 0.225. The molecule has 0 aliphatic carbocycles. The molecule has 0 saturated carbocycles. The van der Waals surface area contributed by atoms with Crippen molar-refractivity contribution >= 4 is 81.5 Å². The highest BCUT2D eigenvalue weighted by atomic mass is 32.2. The van der Waals surface area contributed by atoms with Gasteiger partial charge in [-0.3, -0.25) is 9.97 Å². The molecule has 7 aromatic rings. The zero-order valence-corrected chi connectivity index (χ0v) is 28.3. The lowest BCUT2D eigenvalue weighted by molar-refractivity contribution is 0.463. The minimum absolute atomic E-state index is 0.104. The van der Waals surface area contributed by atoms with E-state index in [-0.39, 0.29) is 13.4 Å². The van der Waals surface area contributed by atoms with Crippen molar-refractivity contribution in [2.75, 3.05) is 0 Å². The van der Waals surface area contributed by atoms with Gasteiger partial charge < -0.3 is 14.2 Å². The Balaban J connectivity index is 0.951. The zero-order valence-electron chi connectivity index (χ0n) is 25.9. The van der Waals surface area contributed by atoms with Gasteiger partial charge in [0.1, 0.15) is 34.5 Å². The molecule has 10 heteroatoms. The topological polar surface area (TPSA) is 53.5 Å². The summed E-state index contributed by atoms with van der Waals surface area (Å²) in [4.78, 5) is 16.4. The van der Waals surface area contributed by atoms with Crippen LogP contribution in [-0.2, 0) is 0 Å². The van der Waals surface area contributed by atoms with E-state index in [1.807, 2.05) is 24.8 Å². The fourth-order valence-corrected chi connectivity index (χ4v) is 12.3. The van der Waals surface area contributed by atoms with Gasteiger partial charge in [0.2, 0.25) is 0 Å². The van der Waals surface area contributed by atoms with E-state index < -0.39 is 0 Å². The second-order valence-corrected chi connectivity index (χ2v) is 16.5. The molecule has 0 unspecified atom stereocenters. The number of ether oxygens (including phenoxy) is 3. The van der Waals surface area contributed by atoms with Crippen molar-refractivity contribution in [1.29, 1.82) is 0 Å². The summed E-state index contributed by atoms with van der Waals surface area (Å²) >= 11 is 5.39. The summed E-state index contributed by atoms with van der Waals surface area (Å²) in [6, 6.07) is 30.7. The fourth-order valence-electron chi connectivity index (χ4n) is 8.63. The summed E-state index contributed by atoms with van der Waals surface area (Å²) < 4.78 is 19.7. The lowest BCUT2D eigenvalue weighted by Gasteiger charge is -2.37. The van der Waals surface area contributed by atoms with Crippen LogP contribution in [0.25, 0.3) is 22.3 Å². The lowest BCUT2D eigenvalue weighted by atomic mass is 9.34. The Morgan fingerprint density at radius 3 is 1.44 bits per heavy atom. The molecule has 5 nitrogen and oxygen atoms in total. The smallest absolute Gasteiger partial charge is 0.263 e. The number of aromatic nitrogens is 2. The first-order valence-corrected chi connectivity index (χ1v) is 18.9. The summed E-state index contributed by atoms with van der Waals surface area (Å²) in [5, 5.41) is 0. The Labute approximate surface area is 300 Å². The van der Waals surface area contributed by atoms with E-state index in [0.717, 1.165) is 66.4 Å². The van der Waals surface area contributed by atoms with Crippen LogP contribution in [0.4, 0.5) is 0 Å². The summed E-state index contributed by atoms with van der Waals surface area (Å²) in [6.07, 6.45) is 7.64. The van der Waals surface area contributed by atoms with E-state index in [0.29, 0.717) is 0 Å². The maximum Gasteiger partial charge on any atom is 0.263 e. The minimum atomic E-state index is 0.104. The average Bonchev–Trinajstić information content (AvgIpc) is 3.15. The summed E-state index contributed by atoms with van der Waals surface area (Å²) in [5.41, 5.74) is 11.9. The summed E-state index contributed by atoms with van der Waals surface area (Å²) in [7, 11) is 0. The second-order valence-electron chi connectivity index (χ2n) is 13.3. The standard InChI is InChI=1S/C40H18B2N2O3S3/c1-4-19(21-11-25-35-26(12-21)46-24-7-3-9-30-37(24)41(35)36-23(45-25)6-2-8-29(36)48-30)10-20(5-1)22-13-31-40-32(14-22)50-34-18-44-16-28-39(34)42(40)38-27(47-28)15-43-17-33(38)49-31/h1-18H. The lowest BCUT2D eigenvalue weighted by Crippen LogP contribution is -2.60. The number of pyridine rings is 2. The highest BCUT2D eigenvalue weighted by Gasteiger charge is 2.46. The Kier molecular flexibility index (Phi) is 5.04. The van der Waals surface area contributed by atoms with Crippen molar-refractivity contribution in [3.8, 4) is 56.8 Å². The van der Waals surface area contributed by atoms with Crippen LogP contribution >= 0.6 is 35.3 Å². The molecule has 0 spiro atoms. The molecule has 50 heavy (non-hydrogen) atoms. The first-order valence-electron chi connectivity index (χ1n) is 16.5. The Morgan fingerprint density at radius 1 is 0.360 bits per heavy atom. The molecule has 0 bridgehead atoms. The SMILES string of the molecule is c1cc(-c2cc3c4c(c2)Oc2cccc5c2B4c2c(cccc2S5)O3)cc(-c2cc3c4c(c2)Sc2cncc5c2B4c2c(cncc2S3)O5)c1. The van der Waals surface area contributed by atoms with Crippen molar-refractivity contribution in [1.82, 2.24) is 9.97 Å². The zero-order chi connectivity index (χ0) is 32.2. The van der Waals surface area contributed by atoms with Crippen LogP contribution in [0, 0.1) is 0 Å². The van der Waals surface area contributed by atoms with E-state index in [9.17, 15) is 0 Å². The predicted octanol–water partition coefficient (Wildman–Crippen LogP) is 6.55. The van der Waals surface area contributed by atoms with Gasteiger partial charge in [-0.05, 0) is 104 Å². The van der Waals surface area contributed by atoms with Crippen LogP contribution < -0.4 is 47.0 Å². The molecule has 6 aliphatic rings. The highest BCUT2D eigenvalue weighted by molar-refractivity contribution is 8.01. The van der Waals surface area contributed by atoms with Gasteiger partial charge in [-0.25, -0.2) is 0 Å². The normalized spacial score (nSPS) is 15.0. The fraction of sp³-hybridized carbons (Fsp3) is 0. The van der Waals surface area contributed by atoms with Crippen LogP contribution in [0.5, 0.6) is 34.5 Å². The first-order chi connectivity index (χ1) is 24.7. The molecule has 0 N–H and O–H groups in total. The van der Waals surface area contributed by atoms with Crippen LogP contribution in [-0.4, -0.2) is 23.4 Å². The van der Waals surface area contributed by atoms with Gasteiger partial charge in [0.25, 0.3) is 13.4 Å². The third kappa shape index (κ3) is 3.41. The van der Waals surface area contributed by atoms with E-state index in [2.05, 4.69) is 94.9 Å². The van der Waals surface area contributed by atoms with Gasteiger partial charge >= 0.3 is 0 Å². The molecule has 0 amide bonds. The van der Waals surface area contributed by atoms with Gasteiger partial charge in [-0.1, -0.05) is 65.6 Å². The van der Waals surface area contributed by atoms with Crippen LogP contribution in [0.2, 0.25) is 0 Å². The molecule has 13 rings (SSSR count). The largest absolute Gasteiger partial charge is 0.458 e. The van der Waals surface area contributed by atoms with Crippen LogP contribution in [0.1, 0.15) is 0 Å². The molecule has 0 fully saturated rings. The van der Waals surface area contributed by atoms with E-state index in [1.54, 1.807) is 35.3 Å². The van der Waals surface area contributed by atoms with Crippen molar-refractivity contribution in [2.24, 2.45) is 0 Å². The molecular formula is C40H18B2N2O3S3. The van der Waals surface area contributed by atoms with Gasteiger partial charge in [0, 0.05) is 47.2 Å². The molecule has 0 radical (unpaired) electrons. The molecular weight excluding hydrogens is 674 g/mol. The first kappa shape index (κ1) is 26.8. The van der Waals surface area contributed by atoms with Gasteiger partial charge in [0.15, 0.2) is 0 Å². The van der Waals surface area contributed by atoms with E-state index >= 15 is 0 Å². The molecule has 0 atom stereocenters. The van der Waals surface area contributed by atoms with Crippen molar-refractivity contribution in [2.45, 2.75) is 29.4 Å². The molecule has 0 saturated heterocycles. The maximum atomic E-state index is 6.69. The highest BCUT2D eigenvalue weighted by Crippen LogP contribution is 2.47. The summed E-state index contributed by atoms with van der Waals surface area (Å²) in [5.74, 6) is 5.26. The molecule has 5 aromatic carbocycles. The third-order valence-electron chi connectivity index (χ3n) is 10.7. The predicted molar refractivity (Wildman–Crippen MR) is 201 cm³/mol. The van der Waals surface area contributed by atoms with Crippen LogP contribution in [0.15, 0.2) is 139 Å². The average molecular weight is 692 g/mol. The van der Waals surface area contributed by atoms with Gasteiger partial charge in [-0.15, -0.1) is 0 Å². The van der Waals surface area contributed by atoms with E-state index in [1.165, 1.54) is 52.5 Å². The number of benzene rings is 5. The Bertz CT molecular complexity index is 2440. The Hall–Kier alpha value is -5.02. The van der Waals surface area contributed by atoms with Gasteiger partial charge in [0.05, 0.1) is 12.4 Å². The molecule has 8 heterocycles. The monoisotopic (exact) mass is 692 g/mol. The second kappa shape index (κ2) is 9.40. The third-order valence-corrected chi connectivity index (χ3v) is 14.0. The quantitative estimate of drug-likeness (QED) is 0.189. The number of nitrogens with zero attached hydrogens (tertiary/aromatic N) is 2. The maximum absolute atomic E-state index is 6.69. The Morgan fingerprint density at radius 2 is 0.840 bits per heavy atom. The van der Waals surface area contributed by atoms with E-state index in [4.69, 9.17) is 14.2 Å². The van der Waals surface area contributed by atoms with Crippen LogP contribution in [0.3, 0.4) is 0 Å². The number of hydrogen-bond donors (Lipinski definition) is 0. The number of rotatable bonds is 2. The molecule has 230 valence electrons. The molecule has 6 aliphatic heterocycles. The van der Waals surface area contributed by atoms with Gasteiger partial charge in [-0.2, -0.15) is 0 Å². The van der Waals surface area contributed by atoms with Crippen molar-refractivity contribution in [3.05, 3.63) is 110 Å². The number of hydrogen-bond acceptors (Lipinski definition) is 8. The molecule has 2 aromatic heterocycles. The minimum Gasteiger partial charge on any atom is -0.458 e.